The highest BCUT2D eigenvalue weighted by molar-refractivity contribution is 5.97. The number of pyridine rings is 1. The van der Waals surface area contributed by atoms with Crippen LogP contribution in [0.25, 0.3) is 27.8 Å². The molecule has 1 aliphatic carbocycles. The van der Waals surface area contributed by atoms with Gasteiger partial charge in [0.15, 0.2) is 11.5 Å². The Morgan fingerprint density at radius 2 is 2.22 bits per heavy atom. The van der Waals surface area contributed by atoms with E-state index in [1.807, 2.05) is 13.8 Å². The first-order chi connectivity index (χ1) is 15.4. The zero-order chi connectivity index (χ0) is 22.5. The maximum Gasteiger partial charge on any atom is 0.228 e. The molecule has 4 aromatic rings. The van der Waals surface area contributed by atoms with Gasteiger partial charge in [-0.1, -0.05) is 6.92 Å². The molecule has 0 aromatic carbocycles. The number of imidazole rings is 1. The van der Waals surface area contributed by atoms with Gasteiger partial charge in [0, 0.05) is 53.9 Å². The molecule has 5 rings (SSSR count). The maximum atomic E-state index is 14.5. The molecular formula is C22H24FN7O2. The first-order valence-corrected chi connectivity index (χ1v) is 10.5. The number of carbonyl (C=O) groups excluding carboxylic acids is 1. The van der Waals surface area contributed by atoms with E-state index in [2.05, 4.69) is 30.6 Å². The zero-order valence-corrected chi connectivity index (χ0v) is 18.1. The number of ether oxygens (including phenoxy) is 1. The van der Waals surface area contributed by atoms with Crippen LogP contribution in [0.3, 0.4) is 0 Å². The first-order valence-electron chi connectivity index (χ1n) is 10.5. The minimum absolute atomic E-state index is 0.0505. The molecule has 3 N–H and O–H groups in total. The predicted octanol–water partition coefficient (Wildman–Crippen LogP) is 3.28. The minimum atomic E-state index is -0.414. The molecule has 166 valence electrons. The Morgan fingerprint density at radius 3 is 2.97 bits per heavy atom. The van der Waals surface area contributed by atoms with Gasteiger partial charge in [0.2, 0.25) is 17.7 Å². The maximum absolute atomic E-state index is 14.5. The second kappa shape index (κ2) is 7.47. The summed E-state index contributed by atoms with van der Waals surface area (Å²) in [6.45, 7) is 3.88. The standard InChI is InChI=1S/C22H24FN7O2/c1-4-16(31)29-22(2)8-13(9-22)26-21-27-18-17(20(28-21)32-3)14(10-25-18)12-7-15(23)19-24-5-6-30(19)11-12/h5-7,10-11,13H,4,8-9H2,1-3H3,(H,29,31)(H2,25,26,27,28)/t13-,22+. The number of rotatable bonds is 6. The fourth-order valence-corrected chi connectivity index (χ4v) is 4.42. The normalized spacial score (nSPS) is 20.3. The number of halogens is 1. The van der Waals surface area contributed by atoms with Crippen LogP contribution in [0.15, 0.2) is 30.9 Å². The van der Waals surface area contributed by atoms with E-state index in [9.17, 15) is 9.18 Å². The van der Waals surface area contributed by atoms with Crippen molar-refractivity contribution in [2.45, 2.75) is 44.7 Å². The summed E-state index contributed by atoms with van der Waals surface area (Å²) in [5.74, 6) is 0.465. The first kappa shape index (κ1) is 20.2. The van der Waals surface area contributed by atoms with Crippen molar-refractivity contribution in [2.75, 3.05) is 12.4 Å². The van der Waals surface area contributed by atoms with E-state index >= 15 is 0 Å². The third-order valence-corrected chi connectivity index (χ3v) is 5.93. The third kappa shape index (κ3) is 3.41. The van der Waals surface area contributed by atoms with Gasteiger partial charge >= 0.3 is 0 Å². The fraction of sp³-hybridized carbons (Fsp3) is 0.364. The quantitative estimate of drug-likeness (QED) is 0.427. The molecule has 0 atom stereocenters. The van der Waals surface area contributed by atoms with Crippen LogP contribution in [0.4, 0.5) is 10.3 Å². The number of aromatic amines is 1. The number of carbonyl (C=O) groups is 1. The third-order valence-electron chi connectivity index (χ3n) is 5.93. The number of fused-ring (bicyclic) bond motifs is 2. The lowest BCUT2D eigenvalue weighted by Crippen LogP contribution is -2.59. The van der Waals surface area contributed by atoms with Crippen molar-refractivity contribution >= 4 is 28.5 Å². The molecule has 0 spiro atoms. The lowest BCUT2D eigenvalue weighted by atomic mass is 9.74. The Bertz CT molecular complexity index is 1320. The minimum Gasteiger partial charge on any atom is -0.480 e. The van der Waals surface area contributed by atoms with Gasteiger partial charge in [-0.15, -0.1) is 0 Å². The Hall–Kier alpha value is -3.69. The number of methoxy groups -OCH3 is 1. The molecule has 4 aromatic heterocycles. The van der Waals surface area contributed by atoms with Gasteiger partial charge in [-0.2, -0.15) is 9.97 Å². The highest BCUT2D eigenvalue weighted by Crippen LogP contribution is 2.37. The predicted molar refractivity (Wildman–Crippen MR) is 118 cm³/mol. The second-order valence-electron chi connectivity index (χ2n) is 8.43. The molecule has 1 fully saturated rings. The van der Waals surface area contributed by atoms with E-state index < -0.39 is 5.82 Å². The van der Waals surface area contributed by atoms with E-state index in [0.717, 1.165) is 18.4 Å². The lowest BCUT2D eigenvalue weighted by molar-refractivity contribution is -0.123. The average Bonchev–Trinajstić information content (AvgIpc) is 3.39. The Morgan fingerprint density at radius 1 is 1.41 bits per heavy atom. The van der Waals surface area contributed by atoms with E-state index in [0.29, 0.717) is 34.8 Å². The van der Waals surface area contributed by atoms with E-state index in [1.165, 1.54) is 6.07 Å². The van der Waals surface area contributed by atoms with Gasteiger partial charge in [0.25, 0.3) is 0 Å². The monoisotopic (exact) mass is 437 g/mol. The number of aromatic nitrogens is 5. The van der Waals surface area contributed by atoms with Gasteiger partial charge in [-0.05, 0) is 25.8 Å². The van der Waals surface area contributed by atoms with Crippen LogP contribution < -0.4 is 15.4 Å². The SMILES string of the molecule is CCC(=O)N[C@]1(C)C[C@H](Nc2nc(OC)c3c(-c4cc(F)c5nccn5c4)c[nH]c3n2)C1. The van der Waals surface area contributed by atoms with E-state index in [1.54, 1.807) is 36.3 Å². The summed E-state index contributed by atoms with van der Waals surface area (Å²) in [5.41, 5.74) is 2.03. The number of nitrogens with zero attached hydrogens (tertiary/aromatic N) is 4. The smallest absolute Gasteiger partial charge is 0.228 e. The lowest BCUT2D eigenvalue weighted by Gasteiger charge is -2.45. The summed E-state index contributed by atoms with van der Waals surface area (Å²) in [6, 6.07) is 1.59. The molecular weight excluding hydrogens is 413 g/mol. The topological polar surface area (TPSA) is 109 Å². The number of anilines is 1. The van der Waals surface area contributed by atoms with Crippen molar-refractivity contribution in [3.8, 4) is 17.0 Å². The molecule has 1 amide bonds. The molecule has 0 bridgehead atoms. The molecule has 1 saturated carbocycles. The number of H-pyrrole nitrogens is 1. The molecule has 9 nitrogen and oxygen atoms in total. The van der Waals surface area contributed by atoms with Crippen molar-refractivity contribution in [3.63, 3.8) is 0 Å². The Kier molecular flexibility index (Phi) is 4.72. The van der Waals surface area contributed by atoms with Gasteiger partial charge in [-0.25, -0.2) is 9.37 Å². The molecule has 10 heteroatoms. The summed E-state index contributed by atoms with van der Waals surface area (Å²) in [6.07, 6.45) is 8.85. The average molecular weight is 437 g/mol. The van der Waals surface area contributed by atoms with Crippen molar-refractivity contribution < 1.29 is 13.9 Å². The number of nitrogens with one attached hydrogen (secondary N) is 3. The van der Waals surface area contributed by atoms with Crippen LogP contribution in [-0.2, 0) is 4.79 Å². The fourth-order valence-electron chi connectivity index (χ4n) is 4.42. The zero-order valence-electron chi connectivity index (χ0n) is 18.1. The molecule has 0 aliphatic heterocycles. The van der Waals surface area contributed by atoms with Gasteiger partial charge in [0.05, 0.1) is 12.5 Å². The molecule has 0 radical (unpaired) electrons. The van der Waals surface area contributed by atoms with Crippen LogP contribution in [0.2, 0.25) is 0 Å². The highest BCUT2D eigenvalue weighted by atomic mass is 19.1. The van der Waals surface area contributed by atoms with Crippen molar-refractivity contribution in [2.24, 2.45) is 0 Å². The Balaban J connectivity index is 1.43. The summed E-state index contributed by atoms with van der Waals surface area (Å²) in [4.78, 5) is 28.0. The van der Waals surface area contributed by atoms with Crippen LogP contribution in [0, 0.1) is 5.82 Å². The Labute approximate surface area is 183 Å². The van der Waals surface area contributed by atoms with Crippen LogP contribution >= 0.6 is 0 Å². The van der Waals surface area contributed by atoms with Crippen LogP contribution in [0.5, 0.6) is 5.88 Å². The van der Waals surface area contributed by atoms with Gasteiger partial charge in [-0.3, -0.25) is 4.79 Å². The number of hydrogen-bond acceptors (Lipinski definition) is 6. The van der Waals surface area contributed by atoms with E-state index in [-0.39, 0.29) is 23.1 Å². The van der Waals surface area contributed by atoms with Crippen molar-refractivity contribution in [1.82, 2.24) is 29.7 Å². The summed E-state index contributed by atoms with van der Waals surface area (Å²) in [5, 5.41) is 7.06. The molecule has 0 unspecified atom stereocenters. The summed E-state index contributed by atoms with van der Waals surface area (Å²) >= 11 is 0. The van der Waals surface area contributed by atoms with E-state index in [4.69, 9.17) is 4.74 Å². The summed E-state index contributed by atoms with van der Waals surface area (Å²) in [7, 11) is 1.54. The summed E-state index contributed by atoms with van der Waals surface area (Å²) < 4.78 is 21.7. The molecule has 4 heterocycles. The second-order valence-corrected chi connectivity index (χ2v) is 8.43. The number of hydrogen-bond donors (Lipinski definition) is 3. The highest BCUT2D eigenvalue weighted by Gasteiger charge is 2.41. The molecule has 1 aliphatic rings. The van der Waals surface area contributed by atoms with Gasteiger partial charge in [0.1, 0.15) is 5.65 Å². The van der Waals surface area contributed by atoms with Crippen LogP contribution in [0.1, 0.15) is 33.1 Å². The van der Waals surface area contributed by atoms with Gasteiger partial charge < -0.3 is 24.8 Å². The molecule has 32 heavy (non-hydrogen) atoms. The van der Waals surface area contributed by atoms with Crippen molar-refractivity contribution in [1.29, 1.82) is 0 Å². The largest absolute Gasteiger partial charge is 0.480 e. The van der Waals surface area contributed by atoms with Crippen LogP contribution in [-0.4, -0.2) is 48.9 Å². The number of amides is 1. The van der Waals surface area contributed by atoms with Crippen molar-refractivity contribution in [3.05, 3.63) is 36.7 Å². The molecule has 0 saturated heterocycles.